The van der Waals surface area contributed by atoms with Crippen LogP contribution in [-0.2, 0) is 13.2 Å². The minimum atomic E-state index is 0.263. The molecule has 6 rings (SSSR count). The topological polar surface area (TPSA) is 105 Å². The molecule has 0 spiro atoms. The van der Waals surface area contributed by atoms with E-state index in [-0.39, 0.29) is 13.2 Å². The average Bonchev–Trinajstić information content (AvgIpc) is 3.60. The van der Waals surface area contributed by atoms with Gasteiger partial charge in [-0.15, -0.1) is 30.6 Å². The van der Waals surface area contributed by atoms with Crippen molar-refractivity contribution in [2.24, 2.45) is 0 Å². The molecule has 0 aliphatic carbocycles. The van der Waals surface area contributed by atoms with E-state index in [2.05, 4.69) is 30.6 Å². The normalized spacial score (nSPS) is 11.5. The summed E-state index contributed by atoms with van der Waals surface area (Å²) in [7, 11) is 0. The van der Waals surface area contributed by atoms with Gasteiger partial charge in [-0.2, -0.15) is 9.03 Å². The largest absolute Gasteiger partial charge is 0.486 e. The molecule has 34 heavy (non-hydrogen) atoms. The molecule has 4 aromatic heterocycles. The second-order valence-corrected chi connectivity index (χ2v) is 9.55. The van der Waals surface area contributed by atoms with Gasteiger partial charge in [-0.05, 0) is 38.1 Å². The molecule has 0 radical (unpaired) electrons. The minimum Gasteiger partial charge on any atom is -0.486 e. The van der Waals surface area contributed by atoms with Crippen LogP contribution < -0.4 is 9.47 Å². The molecular weight excluding hydrogens is 472 g/mol. The van der Waals surface area contributed by atoms with E-state index in [1.165, 1.54) is 33.8 Å². The predicted molar refractivity (Wildman–Crippen MR) is 127 cm³/mol. The van der Waals surface area contributed by atoms with Crippen LogP contribution in [0.2, 0.25) is 0 Å². The van der Waals surface area contributed by atoms with Crippen molar-refractivity contribution >= 4 is 32.6 Å². The summed E-state index contributed by atoms with van der Waals surface area (Å²) in [5.41, 5.74) is 2.35. The summed E-state index contributed by atoms with van der Waals surface area (Å²) in [6.07, 6.45) is 0. The van der Waals surface area contributed by atoms with Crippen LogP contribution in [0.15, 0.2) is 48.5 Å². The standard InChI is InChI=1S/C22H18N8O2S2/c1-13-3-7-15(8-4-13)31-11-17-23-25-21-29(17)27-19(33-21)20-28-30-18(24-26-22(30)34-20)12-32-16-9-5-14(2)6-10-16/h3-10H,11-12H2,1-2H3. The summed E-state index contributed by atoms with van der Waals surface area (Å²) in [6, 6.07) is 15.7. The highest BCUT2D eigenvalue weighted by Gasteiger charge is 2.19. The number of ether oxygens (including phenoxy) is 2. The van der Waals surface area contributed by atoms with Crippen LogP contribution in [0, 0.1) is 13.8 Å². The molecule has 0 aliphatic rings. The second kappa shape index (κ2) is 8.47. The molecule has 0 amide bonds. The van der Waals surface area contributed by atoms with Crippen LogP contribution in [-0.4, -0.2) is 39.6 Å². The lowest BCUT2D eigenvalue weighted by atomic mass is 10.2. The molecular formula is C22H18N8O2S2. The van der Waals surface area contributed by atoms with E-state index in [1.807, 2.05) is 62.4 Å². The molecule has 0 aliphatic heterocycles. The van der Waals surface area contributed by atoms with Crippen LogP contribution >= 0.6 is 22.7 Å². The summed E-state index contributed by atoms with van der Waals surface area (Å²) in [5.74, 6) is 2.78. The molecule has 0 N–H and O–H groups in total. The van der Waals surface area contributed by atoms with Crippen molar-refractivity contribution in [3.8, 4) is 21.5 Å². The lowest BCUT2D eigenvalue weighted by Gasteiger charge is -2.04. The first kappa shape index (κ1) is 20.7. The van der Waals surface area contributed by atoms with Crippen molar-refractivity contribution in [3.05, 3.63) is 71.3 Å². The molecule has 2 aromatic carbocycles. The summed E-state index contributed by atoms with van der Waals surface area (Å²) in [6.45, 7) is 4.60. The number of hydrogen-bond acceptors (Lipinski definition) is 10. The van der Waals surface area contributed by atoms with Crippen molar-refractivity contribution in [2.45, 2.75) is 27.1 Å². The number of fused-ring (bicyclic) bond motifs is 2. The van der Waals surface area contributed by atoms with E-state index in [0.29, 0.717) is 21.6 Å². The van der Waals surface area contributed by atoms with Crippen LogP contribution in [0.1, 0.15) is 22.8 Å². The third kappa shape index (κ3) is 3.97. The lowest BCUT2D eigenvalue weighted by Crippen LogP contribution is -2.03. The van der Waals surface area contributed by atoms with Gasteiger partial charge in [0.1, 0.15) is 24.7 Å². The molecule has 0 unspecified atom stereocenters. The first-order valence-electron chi connectivity index (χ1n) is 10.4. The Labute approximate surface area is 201 Å². The summed E-state index contributed by atoms with van der Waals surface area (Å²) in [5, 5.41) is 27.6. The van der Waals surface area contributed by atoms with E-state index in [9.17, 15) is 0 Å². The Hall–Kier alpha value is -3.90. The molecule has 0 saturated carbocycles. The van der Waals surface area contributed by atoms with Gasteiger partial charge in [-0.3, -0.25) is 0 Å². The van der Waals surface area contributed by atoms with Crippen LogP contribution in [0.5, 0.6) is 11.5 Å². The van der Waals surface area contributed by atoms with E-state index >= 15 is 0 Å². The third-order valence-electron chi connectivity index (χ3n) is 5.07. The molecule has 12 heteroatoms. The Balaban J connectivity index is 1.21. The van der Waals surface area contributed by atoms with Crippen molar-refractivity contribution in [2.75, 3.05) is 0 Å². The summed E-state index contributed by atoms with van der Waals surface area (Å²) < 4.78 is 15.1. The molecule has 0 fully saturated rings. The zero-order valence-corrected chi connectivity index (χ0v) is 19.9. The minimum absolute atomic E-state index is 0.263. The van der Waals surface area contributed by atoms with E-state index in [0.717, 1.165) is 21.5 Å². The van der Waals surface area contributed by atoms with E-state index < -0.39 is 0 Å². The van der Waals surface area contributed by atoms with Gasteiger partial charge in [-0.1, -0.05) is 58.1 Å². The van der Waals surface area contributed by atoms with Gasteiger partial charge in [0.2, 0.25) is 9.92 Å². The number of aryl methyl sites for hydroxylation is 2. The fourth-order valence-corrected chi connectivity index (χ4v) is 4.96. The lowest BCUT2D eigenvalue weighted by molar-refractivity contribution is 0.292. The summed E-state index contributed by atoms with van der Waals surface area (Å²) >= 11 is 2.82. The SMILES string of the molecule is Cc1ccc(OCc2nnc3sc(-c4nn5c(COc6ccc(C)cc6)nnc5s4)nn23)cc1. The van der Waals surface area contributed by atoms with Crippen LogP contribution in [0.25, 0.3) is 19.9 Å². The van der Waals surface area contributed by atoms with Crippen molar-refractivity contribution in [1.82, 2.24) is 39.6 Å². The highest BCUT2D eigenvalue weighted by molar-refractivity contribution is 7.26. The van der Waals surface area contributed by atoms with Gasteiger partial charge >= 0.3 is 0 Å². The zero-order valence-electron chi connectivity index (χ0n) is 18.2. The fraction of sp³-hybridized carbons (Fsp3) is 0.182. The Morgan fingerprint density at radius 3 is 1.44 bits per heavy atom. The Kier molecular flexibility index (Phi) is 5.15. The summed E-state index contributed by atoms with van der Waals surface area (Å²) in [4.78, 5) is 1.35. The maximum absolute atomic E-state index is 5.84. The number of aromatic nitrogens is 8. The first-order valence-corrected chi connectivity index (χ1v) is 12.1. The number of nitrogens with zero attached hydrogens (tertiary/aromatic N) is 8. The Morgan fingerprint density at radius 1 is 0.618 bits per heavy atom. The maximum atomic E-state index is 5.84. The predicted octanol–water partition coefficient (Wildman–Crippen LogP) is 4.13. The van der Waals surface area contributed by atoms with Crippen molar-refractivity contribution in [3.63, 3.8) is 0 Å². The third-order valence-corrected chi connectivity index (χ3v) is 7.01. The van der Waals surface area contributed by atoms with Gasteiger partial charge in [-0.25, -0.2) is 0 Å². The van der Waals surface area contributed by atoms with Gasteiger partial charge in [0.05, 0.1) is 0 Å². The van der Waals surface area contributed by atoms with Gasteiger partial charge in [0.15, 0.2) is 21.7 Å². The zero-order chi connectivity index (χ0) is 23.1. The van der Waals surface area contributed by atoms with Gasteiger partial charge in [0, 0.05) is 0 Å². The highest BCUT2D eigenvalue weighted by atomic mass is 32.1. The molecule has 10 nitrogen and oxygen atoms in total. The molecule has 170 valence electrons. The molecule has 0 saturated heterocycles. The van der Waals surface area contributed by atoms with Crippen molar-refractivity contribution in [1.29, 1.82) is 0 Å². The quantitative estimate of drug-likeness (QED) is 0.329. The Bertz CT molecular complexity index is 1460. The first-order chi connectivity index (χ1) is 16.6. The smallest absolute Gasteiger partial charge is 0.235 e. The van der Waals surface area contributed by atoms with Crippen LogP contribution in [0.4, 0.5) is 0 Å². The van der Waals surface area contributed by atoms with Crippen molar-refractivity contribution < 1.29 is 9.47 Å². The van der Waals surface area contributed by atoms with Gasteiger partial charge < -0.3 is 9.47 Å². The van der Waals surface area contributed by atoms with E-state index in [4.69, 9.17) is 9.47 Å². The van der Waals surface area contributed by atoms with Crippen LogP contribution in [0.3, 0.4) is 0 Å². The molecule has 0 bridgehead atoms. The number of rotatable bonds is 7. The molecule has 6 aromatic rings. The number of benzene rings is 2. The average molecular weight is 491 g/mol. The maximum Gasteiger partial charge on any atom is 0.235 e. The highest BCUT2D eigenvalue weighted by Crippen LogP contribution is 2.30. The molecule has 4 heterocycles. The van der Waals surface area contributed by atoms with Gasteiger partial charge in [0.25, 0.3) is 0 Å². The monoisotopic (exact) mass is 490 g/mol. The number of hydrogen-bond donors (Lipinski definition) is 0. The Morgan fingerprint density at radius 2 is 1.03 bits per heavy atom. The fourth-order valence-electron chi connectivity index (χ4n) is 3.23. The second-order valence-electron chi connectivity index (χ2n) is 7.64. The molecule has 0 atom stereocenters. The van der Waals surface area contributed by atoms with E-state index in [1.54, 1.807) is 9.03 Å².